The van der Waals surface area contributed by atoms with Crippen LogP contribution < -0.4 is 10.6 Å². The van der Waals surface area contributed by atoms with Crippen LogP contribution in [0.2, 0.25) is 0 Å². The predicted molar refractivity (Wildman–Crippen MR) is 159 cm³/mol. The number of benzene rings is 1. The Morgan fingerprint density at radius 3 is 2.53 bits per heavy atom. The summed E-state index contributed by atoms with van der Waals surface area (Å²) in [5.41, 5.74) is 2.44. The summed E-state index contributed by atoms with van der Waals surface area (Å²) in [6.45, 7) is 3.74. The van der Waals surface area contributed by atoms with Gasteiger partial charge in [-0.05, 0) is 43.7 Å². The quantitative estimate of drug-likeness (QED) is 0.344. The van der Waals surface area contributed by atoms with E-state index in [1.165, 1.54) is 29.6 Å². The first kappa shape index (κ1) is 31.0. The normalized spacial score (nSPS) is 14.5. The van der Waals surface area contributed by atoms with Crippen LogP contribution >= 0.6 is 0 Å². The Morgan fingerprint density at radius 2 is 1.86 bits per heavy atom. The summed E-state index contributed by atoms with van der Waals surface area (Å²) in [5, 5.41) is 14.5. The van der Waals surface area contributed by atoms with E-state index in [4.69, 9.17) is 9.52 Å². The van der Waals surface area contributed by atoms with Crippen molar-refractivity contribution in [3.05, 3.63) is 83.1 Å². The van der Waals surface area contributed by atoms with Crippen molar-refractivity contribution in [2.75, 3.05) is 36.5 Å². The topological polar surface area (TPSA) is 171 Å². The lowest BCUT2D eigenvalue weighted by atomic mass is 10.1. The molecule has 1 fully saturated rings. The lowest BCUT2D eigenvalue weighted by molar-refractivity contribution is -0.141. The summed E-state index contributed by atoms with van der Waals surface area (Å²) in [5.74, 6) is 3.44. The van der Waals surface area contributed by atoms with Crippen LogP contribution in [0, 0.1) is 24.7 Å². The van der Waals surface area contributed by atoms with Gasteiger partial charge in [0.15, 0.2) is 5.76 Å². The number of carbonyl (C=O) groups excluding carboxylic acids is 3. The van der Waals surface area contributed by atoms with E-state index in [1.54, 1.807) is 44.2 Å². The highest BCUT2D eigenvalue weighted by molar-refractivity contribution is 7.94. The Hall–Kier alpha value is -4.96. The smallest absolute Gasteiger partial charge is 0.317 e. The van der Waals surface area contributed by atoms with Crippen LogP contribution in [-0.2, 0) is 14.5 Å². The monoisotopic (exact) mass is 605 g/mol. The standard InChI is InChI=1S/C30H31N5O7S/c1-3-23(29(38)39)19-32-30(40)35-10-13-43(41,14-11-35)34-27(36)24-15-22(17-31-18-24)8-7-21-5-4-6-25(16-21)33-28(37)26-20(2)9-12-42-26/h4-6,9,12,15-18,23H,3,10-11,13-14,19H2,1-2H3,(H,32,40)(H,33,37)(H,38,39). The van der Waals surface area contributed by atoms with Crippen molar-refractivity contribution in [1.82, 2.24) is 15.2 Å². The third-order valence-electron chi connectivity index (χ3n) is 6.76. The summed E-state index contributed by atoms with van der Waals surface area (Å²) in [6.07, 6.45) is 4.64. The number of hydrogen-bond donors (Lipinski definition) is 3. The number of aromatic nitrogens is 1. The van der Waals surface area contributed by atoms with Crippen molar-refractivity contribution >= 4 is 39.2 Å². The van der Waals surface area contributed by atoms with E-state index < -0.39 is 33.6 Å². The van der Waals surface area contributed by atoms with Crippen LogP contribution in [0.1, 0.15) is 50.9 Å². The Morgan fingerprint density at radius 1 is 1.12 bits per heavy atom. The number of aliphatic carboxylic acids is 1. The van der Waals surface area contributed by atoms with Gasteiger partial charge in [0.25, 0.3) is 11.8 Å². The van der Waals surface area contributed by atoms with Crippen molar-refractivity contribution < 1.29 is 32.9 Å². The van der Waals surface area contributed by atoms with Crippen LogP contribution in [0.15, 0.2) is 63.8 Å². The number of furan rings is 1. The molecule has 0 saturated carbocycles. The molecule has 4 rings (SSSR count). The van der Waals surface area contributed by atoms with Gasteiger partial charge in [0.2, 0.25) is 0 Å². The number of aryl methyl sites for hydroxylation is 1. The minimum absolute atomic E-state index is 0.000855. The average molecular weight is 606 g/mol. The number of urea groups is 1. The molecule has 3 aromatic rings. The van der Waals surface area contributed by atoms with Crippen molar-refractivity contribution in [3.8, 4) is 11.8 Å². The molecule has 0 bridgehead atoms. The molecule has 1 atom stereocenters. The Labute approximate surface area is 249 Å². The maximum absolute atomic E-state index is 13.2. The first-order valence-corrected chi connectivity index (χ1v) is 15.4. The van der Waals surface area contributed by atoms with Crippen LogP contribution in [0.25, 0.3) is 0 Å². The molecule has 1 unspecified atom stereocenters. The molecule has 1 aliphatic rings. The first-order valence-electron chi connectivity index (χ1n) is 13.5. The van der Waals surface area contributed by atoms with Gasteiger partial charge in [-0.2, -0.15) is 4.36 Å². The van der Waals surface area contributed by atoms with Gasteiger partial charge in [-0.15, -0.1) is 0 Å². The summed E-state index contributed by atoms with van der Waals surface area (Å²) >= 11 is 0. The van der Waals surface area contributed by atoms with Crippen LogP contribution in [0.4, 0.5) is 10.5 Å². The molecule has 1 aromatic carbocycles. The summed E-state index contributed by atoms with van der Waals surface area (Å²) in [6, 6.07) is 9.71. The number of amides is 4. The molecular weight excluding hydrogens is 574 g/mol. The van der Waals surface area contributed by atoms with Crippen molar-refractivity contribution in [1.29, 1.82) is 0 Å². The highest BCUT2D eigenvalue weighted by Crippen LogP contribution is 2.15. The van der Waals surface area contributed by atoms with E-state index in [2.05, 4.69) is 31.8 Å². The number of anilines is 1. The third-order valence-corrected chi connectivity index (χ3v) is 8.90. The van der Waals surface area contributed by atoms with Gasteiger partial charge in [-0.1, -0.05) is 24.8 Å². The zero-order valence-corrected chi connectivity index (χ0v) is 24.5. The van der Waals surface area contributed by atoms with Crippen molar-refractivity contribution in [3.63, 3.8) is 0 Å². The molecule has 4 amide bonds. The molecule has 1 aliphatic heterocycles. The number of carboxylic acids is 1. The minimum atomic E-state index is -2.90. The Bertz CT molecular complexity index is 1720. The number of rotatable bonds is 7. The lowest BCUT2D eigenvalue weighted by Gasteiger charge is -2.29. The fourth-order valence-electron chi connectivity index (χ4n) is 4.18. The molecule has 13 heteroatoms. The molecule has 3 heterocycles. The molecule has 0 radical (unpaired) electrons. The van der Waals surface area contributed by atoms with Gasteiger partial charge in [0.1, 0.15) is 0 Å². The van der Waals surface area contributed by atoms with Gasteiger partial charge in [-0.25, -0.2) is 9.00 Å². The highest BCUT2D eigenvalue weighted by Gasteiger charge is 2.26. The summed E-state index contributed by atoms with van der Waals surface area (Å²) < 4.78 is 22.5. The van der Waals surface area contributed by atoms with Gasteiger partial charge in [0, 0.05) is 54.4 Å². The van der Waals surface area contributed by atoms with E-state index in [9.17, 15) is 23.4 Å². The fourth-order valence-corrected chi connectivity index (χ4v) is 5.99. The van der Waals surface area contributed by atoms with Crippen molar-refractivity contribution in [2.45, 2.75) is 20.3 Å². The SMILES string of the molecule is CCC(CNC(=O)N1CCS(=O)(=NC(=O)c2cncc(C#Cc3cccc(NC(=O)c4occc4C)c3)c2)CC1)C(=O)O. The lowest BCUT2D eigenvalue weighted by Crippen LogP contribution is -2.49. The third kappa shape index (κ3) is 8.30. The number of carboxylic acid groups (broad SMARTS) is 1. The van der Waals surface area contributed by atoms with E-state index in [0.29, 0.717) is 23.2 Å². The fraction of sp³-hybridized carbons (Fsp3) is 0.300. The predicted octanol–water partition coefficient (Wildman–Crippen LogP) is 3.38. The minimum Gasteiger partial charge on any atom is -0.481 e. The molecule has 224 valence electrons. The number of nitrogens with zero attached hydrogens (tertiary/aromatic N) is 3. The Kier molecular flexibility index (Phi) is 9.95. The van der Waals surface area contributed by atoms with E-state index in [0.717, 1.165) is 5.56 Å². The average Bonchev–Trinajstić information content (AvgIpc) is 3.42. The largest absolute Gasteiger partial charge is 0.481 e. The summed E-state index contributed by atoms with van der Waals surface area (Å²) in [7, 11) is -2.90. The summed E-state index contributed by atoms with van der Waals surface area (Å²) in [4.78, 5) is 54.4. The van der Waals surface area contributed by atoms with Crippen LogP contribution in [0.3, 0.4) is 0 Å². The van der Waals surface area contributed by atoms with Crippen LogP contribution in [0.5, 0.6) is 0 Å². The van der Waals surface area contributed by atoms with Gasteiger partial charge in [-0.3, -0.25) is 19.4 Å². The molecule has 0 spiro atoms. The molecular formula is C30H31N5O7S. The maximum atomic E-state index is 13.2. The Balaban J connectivity index is 1.38. The second-order valence-corrected chi connectivity index (χ2v) is 12.4. The second kappa shape index (κ2) is 13.8. The molecule has 12 nitrogen and oxygen atoms in total. The van der Waals surface area contributed by atoms with Gasteiger partial charge in [0.05, 0.1) is 39.0 Å². The number of pyridine rings is 1. The second-order valence-electron chi connectivity index (χ2n) is 9.87. The first-order chi connectivity index (χ1) is 20.6. The maximum Gasteiger partial charge on any atom is 0.317 e. The van der Waals surface area contributed by atoms with E-state index in [-0.39, 0.29) is 48.4 Å². The number of nitrogens with one attached hydrogen (secondary N) is 2. The van der Waals surface area contributed by atoms with Gasteiger partial charge < -0.3 is 25.1 Å². The zero-order chi connectivity index (χ0) is 31.0. The highest BCUT2D eigenvalue weighted by atomic mass is 32.2. The van der Waals surface area contributed by atoms with Gasteiger partial charge >= 0.3 is 12.0 Å². The molecule has 3 N–H and O–H groups in total. The molecule has 43 heavy (non-hydrogen) atoms. The van der Waals surface area contributed by atoms with E-state index >= 15 is 0 Å². The number of carbonyl (C=O) groups is 4. The number of hydrogen-bond acceptors (Lipinski definition) is 7. The molecule has 2 aromatic heterocycles. The molecule has 1 saturated heterocycles. The molecule has 0 aliphatic carbocycles. The van der Waals surface area contributed by atoms with Crippen molar-refractivity contribution in [2.24, 2.45) is 10.3 Å². The van der Waals surface area contributed by atoms with Crippen LogP contribution in [-0.4, -0.2) is 74.2 Å². The zero-order valence-electron chi connectivity index (χ0n) is 23.7. The van der Waals surface area contributed by atoms with E-state index in [1.807, 2.05) is 0 Å².